The van der Waals surface area contributed by atoms with Gasteiger partial charge in [0.1, 0.15) is 12.4 Å². The molecule has 7 heteroatoms. The number of nitrogens with one attached hydrogen (secondary N) is 1. The van der Waals surface area contributed by atoms with E-state index in [1.807, 2.05) is 31.3 Å². The molecule has 1 aliphatic heterocycles. The minimum Gasteiger partial charge on any atom is -0.492 e. The number of aliphatic imine (C=N–C) groups is 1. The van der Waals surface area contributed by atoms with Crippen LogP contribution in [0.5, 0.6) is 5.75 Å². The number of hydrogen-bond acceptors (Lipinski definition) is 4. The topological polar surface area (TPSA) is 60.3 Å². The number of benzene rings is 1. The van der Waals surface area contributed by atoms with Crippen molar-refractivity contribution in [2.75, 3.05) is 52.9 Å². The Morgan fingerprint density at radius 3 is 2.70 bits per heavy atom. The van der Waals surface area contributed by atoms with Crippen LogP contribution in [0.1, 0.15) is 26.2 Å². The largest absolute Gasteiger partial charge is 0.492 e. The SMILES string of the molecule is CCNC(=NCCCN1CCC(O)CC1)N(C)CCOc1ccc(Cl)cc1. The Hall–Kier alpha value is -1.50. The predicted molar refractivity (Wildman–Crippen MR) is 112 cm³/mol. The van der Waals surface area contributed by atoms with Crippen LogP contribution in [0.2, 0.25) is 5.02 Å². The summed E-state index contributed by atoms with van der Waals surface area (Å²) in [5.41, 5.74) is 0. The van der Waals surface area contributed by atoms with Gasteiger partial charge in [0.05, 0.1) is 12.6 Å². The van der Waals surface area contributed by atoms with Gasteiger partial charge in [-0.05, 0) is 57.0 Å². The van der Waals surface area contributed by atoms with Gasteiger partial charge in [0.2, 0.25) is 0 Å². The van der Waals surface area contributed by atoms with E-state index in [0.29, 0.717) is 11.6 Å². The number of aliphatic hydroxyl groups excluding tert-OH is 1. The number of rotatable bonds is 9. The lowest BCUT2D eigenvalue weighted by molar-refractivity contribution is 0.0824. The van der Waals surface area contributed by atoms with Crippen molar-refractivity contribution in [1.29, 1.82) is 0 Å². The summed E-state index contributed by atoms with van der Waals surface area (Å²) in [5, 5.41) is 13.6. The van der Waals surface area contributed by atoms with Gasteiger partial charge >= 0.3 is 0 Å². The molecule has 0 bridgehead atoms. The molecule has 0 amide bonds. The molecule has 0 aliphatic carbocycles. The smallest absolute Gasteiger partial charge is 0.193 e. The summed E-state index contributed by atoms with van der Waals surface area (Å²) in [6, 6.07) is 7.41. The van der Waals surface area contributed by atoms with E-state index in [1.54, 1.807) is 0 Å². The van der Waals surface area contributed by atoms with E-state index in [1.165, 1.54) is 0 Å². The minimum absolute atomic E-state index is 0.108. The summed E-state index contributed by atoms with van der Waals surface area (Å²) >= 11 is 5.89. The Morgan fingerprint density at radius 2 is 2.04 bits per heavy atom. The molecule has 0 atom stereocenters. The van der Waals surface area contributed by atoms with Crippen LogP contribution in [0.3, 0.4) is 0 Å². The van der Waals surface area contributed by atoms with E-state index in [0.717, 1.165) is 70.2 Å². The standard InChI is InChI=1S/C20H33ClN4O2/c1-3-22-20(23-11-4-12-25-13-9-18(26)10-14-25)24(2)15-16-27-19-7-5-17(21)6-8-19/h5-8,18,26H,3-4,9-16H2,1-2H3,(H,22,23). The average molecular weight is 397 g/mol. The van der Waals surface area contributed by atoms with Gasteiger partial charge in [0.25, 0.3) is 0 Å². The van der Waals surface area contributed by atoms with Crippen LogP contribution in [0.25, 0.3) is 0 Å². The van der Waals surface area contributed by atoms with E-state index >= 15 is 0 Å². The summed E-state index contributed by atoms with van der Waals surface area (Å²) in [7, 11) is 2.03. The lowest BCUT2D eigenvalue weighted by atomic mass is 10.1. The maximum atomic E-state index is 9.57. The van der Waals surface area contributed by atoms with E-state index in [2.05, 4.69) is 22.0 Å². The molecule has 0 unspecified atom stereocenters. The summed E-state index contributed by atoms with van der Waals surface area (Å²) in [5.74, 6) is 1.73. The molecule has 2 rings (SSSR count). The van der Waals surface area contributed by atoms with Crippen molar-refractivity contribution in [2.45, 2.75) is 32.3 Å². The van der Waals surface area contributed by atoms with Crippen molar-refractivity contribution in [3.05, 3.63) is 29.3 Å². The third-order valence-electron chi connectivity index (χ3n) is 4.66. The molecular weight excluding hydrogens is 364 g/mol. The van der Waals surface area contributed by atoms with Gasteiger partial charge in [-0.3, -0.25) is 4.99 Å². The fourth-order valence-electron chi connectivity index (χ4n) is 3.03. The number of guanidine groups is 1. The van der Waals surface area contributed by atoms with Crippen LogP contribution >= 0.6 is 11.6 Å². The zero-order chi connectivity index (χ0) is 19.5. The fraction of sp³-hybridized carbons (Fsp3) is 0.650. The number of likely N-dealkylation sites (N-methyl/N-ethyl adjacent to an activating group) is 1. The van der Waals surface area contributed by atoms with Crippen molar-refractivity contribution in [3.8, 4) is 5.75 Å². The second-order valence-corrected chi connectivity index (χ2v) is 7.32. The number of nitrogens with zero attached hydrogens (tertiary/aromatic N) is 3. The van der Waals surface area contributed by atoms with Crippen molar-refractivity contribution >= 4 is 17.6 Å². The van der Waals surface area contributed by atoms with Gasteiger partial charge in [-0.2, -0.15) is 0 Å². The summed E-state index contributed by atoms with van der Waals surface area (Å²) in [4.78, 5) is 9.24. The van der Waals surface area contributed by atoms with Crippen molar-refractivity contribution in [3.63, 3.8) is 0 Å². The fourth-order valence-corrected chi connectivity index (χ4v) is 3.16. The zero-order valence-electron chi connectivity index (χ0n) is 16.5. The average Bonchev–Trinajstić information content (AvgIpc) is 2.67. The number of halogens is 1. The molecule has 0 saturated carbocycles. The van der Waals surface area contributed by atoms with Gasteiger partial charge in [-0.15, -0.1) is 0 Å². The van der Waals surface area contributed by atoms with Crippen molar-refractivity contribution in [1.82, 2.24) is 15.1 Å². The summed E-state index contributed by atoms with van der Waals surface area (Å²) < 4.78 is 5.76. The number of hydrogen-bond donors (Lipinski definition) is 2. The first kappa shape index (κ1) is 21.8. The van der Waals surface area contributed by atoms with Crippen LogP contribution in [-0.2, 0) is 0 Å². The van der Waals surface area contributed by atoms with E-state index in [-0.39, 0.29) is 6.10 Å². The molecule has 1 saturated heterocycles. The normalized spacial score (nSPS) is 16.4. The summed E-state index contributed by atoms with van der Waals surface area (Å²) in [6.45, 7) is 8.07. The second-order valence-electron chi connectivity index (χ2n) is 6.89. The van der Waals surface area contributed by atoms with Gasteiger partial charge < -0.3 is 25.0 Å². The first-order valence-corrected chi connectivity index (χ1v) is 10.2. The van der Waals surface area contributed by atoms with Crippen LogP contribution in [-0.4, -0.2) is 79.9 Å². The molecule has 1 fully saturated rings. The number of likely N-dealkylation sites (tertiary alicyclic amines) is 1. The molecule has 1 aliphatic rings. The quantitative estimate of drug-likeness (QED) is 0.381. The molecular formula is C20H33ClN4O2. The van der Waals surface area contributed by atoms with Crippen LogP contribution in [0.15, 0.2) is 29.3 Å². The molecule has 0 spiro atoms. The van der Waals surface area contributed by atoms with E-state index in [4.69, 9.17) is 21.3 Å². The van der Waals surface area contributed by atoms with Gasteiger partial charge in [-0.25, -0.2) is 0 Å². The lowest BCUT2D eigenvalue weighted by Gasteiger charge is -2.29. The second kappa shape index (κ2) is 12.1. The van der Waals surface area contributed by atoms with Gasteiger partial charge in [-0.1, -0.05) is 11.6 Å². The zero-order valence-corrected chi connectivity index (χ0v) is 17.3. The van der Waals surface area contributed by atoms with Gasteiger partial charge in [0, 0.05) is 38.2 Å². The highest BCUT2D eigenvalue weighted by Gasteiger charge is 2.16. The predicted octanol–water partition coefficient (Wildman–Crippen LogP) is 2.46. The van der Waals surface area contributed by atoms with Crippen LogP contribution < -0.4 is 10.1 Å². The Labute approximate surface area is 168 Å². The van der Waals surface area contributed by atoms with E-state index < -0.39 is 0 Å². The Morgan fingerprint density at radius 1 is 1.33 bits per heavy atom. The maximum absolute atomic E-state index is 9.57. The highest BCUT2D eigenvalue weighted by Crippen LogP contribution is 2.15. The molecule has 27 heavy (non-hydrogen) atoms. The third-order valence-corrected chi connectivity index (χ3v) is 4.91. The Kier molecular flexibility index (Phi) is 9.73. The number of piperidine rings is 1. The van der Waals surface area contributed by atoms with Crippen LogP contribution in [0, 0.1) is 0 Å². The first-order valence-electron chi connectivity index (χ1n) is 9.86. The maximum Gasteiger partial charge on any atom is 0.193 e. The van der Waals surface area contributed by atoms with Gasteiger partial charge in [0.15, 0.2) is 5.96 Å². The van der Waals surface area contributed by atoms with Crippen molar-refractivity contribution in [2.24, 2.45) is 4.99 Å². The van der Waals surface area contributed by atoms with Crippen molar-refractivity contribution < 1.29 is 9.84 Å². The first-order chi connectivity index (χ1) is 13.1. The molecule has 1 aromatic rings. The Balaban J connectivity index is 1.69. The monoisotopic (exact) mass is 396 g/mol. The Bertz CT molecular complexity index is 560. The molecule has 0 radical (unpaired) electrons. The summed E-state index contributed by atoms with van der Waals surface area (Å²) in [6.07, 6.45) is 2.70. The highest BCUT2D eigenvalue weighted by molar-refractivity contribution is 6.30. The molecule has 152 valence electrons. The molecule has 1 heterocycles. The lowest BCUT2D eigenvalue weighted by Crippen LogP contribution is -2.41. The molecule has 6 nitrogen and oxygen atoms in total. The molecule has 2 N–H and O–H groups in total. The van der Waals surface area contributed by atoms with Crippen LogP contribution in [0.4, 0.5) is 0 Å². The highest BCUT2D eigenvalue weighted by atomic mass is 35.5. The third kappa shape index (κ3) is 8.37. The number of aliphatic hydroxyl groups is 1. The molecule has 1 aromatic carbocycles. The number of ether oxygens (including phenoxy) is 1. The minimum atomic E-state index is -0.108. The van der Waals surface area contributed by atoms with E-state index in [9.17, 15) is 5.11 Å². The molecule has 0 aromatic heterocycles.